The first-order valence-electron chi connectivity index (χ1n) is 8.30. The molecule has 1 aliphatic carbocycles. The van der Waals surface area contributed by atoms with Crippen LogP contribution in [0.5, 0.6) is 17.2 Å². The third-order valence-electron chi connectivity index (χ3n) is 4.43. The summed E-state index contributed by atoms with van der Waals surface area (Å²) in [5.74, 6) is -4.05. The van der Waals surface area contributed by atoms with Gasteiger partial charge in [-0.1, -0.05) is 0 Å². The first-order chi connectivity index (χ1) is 13.2. The molecule has 5 unspecified atom stereocenters. The molecule has 1 aromatic rings. The molecular formula is C18H22O10. The molecule has 0 aromatic heterocycles. The predicted molar refractivity (Wildman–Crippen MR) is 93.9 cm³/mol. The van der Waals surface area contributed by atoms with Crippen molar-refractivity contribution in [2.45, 2.75) is 30.8 Å². The third-order valence-corrected chi connectivity index (χ3v) is 4.43. The summed E-state index contributed by atoms with van der Waals surface area (Å²) >= 11 is 0. The Balaban J connectivity index is 2.19. The second kappa shape index (κ2) is 8.91. The lowest BCUT2D eigenvalue weighted by Crippen LogP contribution is -2.56. The van der Waals surface area contributed by atoms with Crippen LogP contribution in [0.25, 0.3) is 6.08 Å². The number of aromatic hydroxyl groups is 1. The number of carbonyl (C=O) groups excluding carboxylic acids is 1. The second-order valence-electron chi connectivity index (χ2n) is 6.23. The largest absolute Gasteiger partial charge is 0.502 e. The van der Waals surface area contributed by atoms with Crippen molar-refractivity contribution in [3.05, 3.63) is 23.8 Å². The Bertz CT molecular complexity index is 734. The van der Waals surface area contributed by atoms with E-state index in [1.807, 2.05) is 0 Å². The molecule has 28 heavy (non-hydrogen) atoms. The van der Waals surface area contributed by atoms with Gasteiger partial charge in [-0.05, 0) is 23.8 Å². The zero-order chi connectivity index (χ0) is 21.0. The lowest BCUT2D eigenvalue weighted by molar-refractivity contribution is -0.192. The number of carboxylic acids is 1. The zero-order valence-electron chi connectivity index (χ0n) is 15.2. The summed E-state index contributed by atoms with van der Waals surface area (Å²) in [5, 5.41) is 48.7. The fourth-order valence-electron chi connectivity index (χ4n) is 2.98. The monoisotopic (exact) mass is 398 g/mol. The third kappa shape index (κ3) is 4.53. The molecule has 1 aromatic carbocycles. The van der Waals surface area contributed by atoms with Gasteiger partial charge in [0.15, 0.2) is 11.5 Å². The molecule has 1 aliphatic rings. The molecule has 5 atom stereocenters. The average Bonchev–Trinajstić information content (AvgIpc) is 2.64. The molecule has 0 saturated heterocycles. The van der Waals surface area contributed by atoms with Crippen LogP contribution in [-0.2, 0) is 14.3 Å². The first kappa shape index (κ1) is 21.5. The Morgan fingerprint density at radius 3 is 2.14 bits per heavy atom. The number of ether oxygens (including phenoxy) is 3. The normalized spacial score (nSPS) is 27.4. The van der Waals surface area contributed by atoms with Crippen LogP contribution in [0.1, 0.15) is 12.0 Å². The summed E-state index contributed by atoms with van der Waals surface area (Å²) in [7, 11) is 2.67. The minimum absolute atomic E-state index is 0.104. The SMILES string of the molecule is COc1cc(C=CC(=O)OC2C(O)C(O)CC(O)C2C(=O)O)cc(OC)c1O. The van der Waals surface area contributed by atoms with Crippen molar-refractivity contribution in [2.24, 2.45) is 5.92 Å². The molecule has 154 valence electrons. The molecule has 0 bridgehead atoms. The van der Waals surface area contributed by atoms with Crippen molar-refractivity contribution < 1.29 is 49.3 Å². The van der Waals surface area contributed by atoms with Crippen LogP contribution in [0.3, 0.4) is 0 Å². The van der Waals surface area contributed by atoms with Crippen molar-refractivity contribution in [3.63, 3.8) is 0 Å². The van der Waals surface area contributed by atoms with E-state index in [4.69, 9.17) is 14.2 Å². The number of aliphatic hydroxyl groups is 3. The summed E-state index contributed by atoms with van der Waals surface area (Å²) in [5.41, 5.74) is 0.405. The van der Waals surface area contributed by atoms with Crippen molar-refractivity contribution in [2.75, 3.05) is 14.2 Å². The van der Waals surface area contributed by atoms with Crippen molar-refractivity contribution in [1.82, 2.24) is 0 Å². The fraction of sp³-hybridized carbons (Fsp3) is 0.444. The summed E-state index contributed by atoms with van der Waals surface area (Å²) in [6.07, 6.45) is -4.29. The molecule has 0 aliphatic heterocycles. The molecule has 1 saturated carbocycles. The topological polar surface area (TPSA) is 163 Å². The molecule has 0 radical (unpaired) electrons. The van der Waals surface area contributed by atoms with Gasteiger partial charge in [0.1, 0.15) is 18.1 Å². The Labute approximate surface area is 160 Å². The van der Waals surface area contributed by atoms with E-state index in [-0.39, 0.29) is 23.7 Å². The van der Waals surface area contributed by atoms with Crippen molar-refractivity contribution in [1.29, 1.82) is 0 Å². The number of rotatable bonds is 6. The Hall–Kier alpha value is -2.82. The lowest BCUT2D eigenvalue weighted by Gasteiger charge is -2.38. The van der Waals surface area contributed by atoms with E-state index in [2.05, 4.69) is 0 Å². The highest BCUT2D eigenvalue weighted by Gasteiger charge is 2.49. The van der Waals surface area contributed by atoms with Gasteiger partial charge in [0.05, 0.1) is 26.4 Å². The number of phenols is 1. The van der Waals surface area contributed by atoms with Gasteiger partial charge in [-0.2, -0.15) is 0 Å². The maximum atomic E-state index is 12.1. The van der Waals surface area contributed by atoms with Gasteiger partial charge in [-0.25, -0.2) is 4.79 Å². The van der Waals surface area contributed by atoms with Crippen molar-refractivity contribution >= 4 is 18.0 Å². The minimum Gasteiger partial charge on any atom is -0.502 e. The number of esters is 1. The van der Waals surface area contributed by atoms with Crippen LogP contribution in [0.2, 0.25) is 0 Å². The number of aliphatic carboxylic acids is 1. The van der Waals surface area contributed by atoms with Gasteiger partial charge in [-0.3, -0.25) is 4.79 Å². The molecule has 10 nitrogen and oxygen atoms in total. The van der Waals surface area contributed by atoms with Gasteiger partial charge in [-0.15, -0.1) is 0 Å². The van der Waals surface area contributed by atoms with E-state index >= 15 is 0 Å². The van der Waals surface area contributed by atoms with Gasteiger partial charge in [0.2, 0.25) is 5.75 Å². The summed E-state index contributed by atoms with van der Waals surface area (Å²) < 4.78 is 15.0. The Kier molecular flexibility index (Phi) is 6.84. The van der Waals surface area contributed by atoms with Crippen LogP contribution in [0.4, 0.5) is 0 Å². The fourth-order valence-corrected chi connectivity index (χ4v) is 2.98. The zero-order valence-corrected chi connectivity index (χ0v) is 15.2. The summed E-state index contributed by atoms with van der Waals surface area (Å²) in [4.78, 5) is 23.4. The Morgan fingerprint density at radius 2 is 1.64 bits per heavy atom. The van der Waals surface area contributed by atoms with E-state index in [0.29, 0.717) is 5.56 Å². The smallest absolute Gasteiger partial charge is 0.331 e. The van der Waals surface area contributed by atoms with Crippen LogP contribution in [0.15, 0.2) is 18.2 Å². The number of aliphatic hydroxyl groups excluding tert-OH is 3. The van der Waals surface area contributed by atoms with Crippen LogP contribution in [0, 0.1) is 5.92 Å². The first-order valence-corrected chi connectivity index (χ1v) is 8.30. The van der Waals surface area contributed by atoms with E-state index in [0.717, 1.165) is 6.08 Å². The average molecular weight is 398 g/mol. The van der Waals surface area contributed by atoms with Crippen molar-refractivity contribution in [3.8, 4) is 17.2 Å². The predicted octanol–water partition coefficient (Wildman–Crippen LogP) is -0.478. The highest BCUT2D eigenvalue weighted by molar-refractivity contribution is 5.88. The van der Waals surface area contributed by atoms with E-state index < -0.39 is 42.3 Å². The molecule has 2 rings (SSSR count). The molecule has 0 amide bonds. The molecule has 0 spiro atoms. The van der Waals surface area contributed by atoms with E-state index in [9.17, 15) is 35.1 Å². The van der Waals surface area contributed by atoms with Gasteiger partial charge < -0.3 is 39.7 Å². The van der Waals surface area contributed by atoms with Crippen LogP contribution in [-0.4, -0.2) is 76.1 Å². The maximum absolute atomic E-state index is 12.1. The number of carboxylic acid groups (broad SMARTS) is 1. The standard InChI is InChI=1S/C18H22O10/c1-26-11-5-8(6-12(27-2)16(11)23)3-4-13(21)28-17-14(18(24)25)9(19)7-10(20)15(17)22/h3-6,9-10,14-15,17,19-20,22-23H,7H2,1-2H3,(H,24,25). The van der Waals surface area contributed by atoms with E-state index in [1.54, 1.807) is 0 Å². The van der Waals surface area contributed by atoms with Crippen LogP contribution >= 0.6 is 0 Å². The number of benzene rings is 1. The number of hydrogen-bond acceptors (Lipinski definition) is 9. The molecule has 10 heteroatoms. The number of methoxy groups -OCH3 is 2. The van der Waals surface area contributed by atoms with E-state index in [1.165, 1.54) is 32.4 Å². The maximum Gasteiger partial charge on any atom is 0.331 e. The highest BCUT2D eigenvalue weighted by Crippen LogP contribution is 2.37. The van der Waals surface area contributed by atoms with Gasteiger partial charge in [0, 0.05) is 12.5 Å². The van der Waals surface area contributed by atoms with Gasteiger partial charge >= 0.3 is 11.9 Å². The Morgan fingerprint density at radius 1 is 1.07 bits per heavy atom. The molecule has 5 N–H and O–H groups in total. The number of carbonyl (C=O) groups is 2. The summed E-state index contributed by atoms with van der Waals surface area (Å²) in [6.45, 7) is 0. The minimum atomic E-state index is -1.66. The molecule has 1 fully saturated rings. The second-order valence-corrected chi connectivity index (χ2v) is 6.23. The lowest BCUT2D eigenvalue weighted by atomic mass is 9.80. The number of hydrogen-bond donors (Lipinski definition) is 5. The van der Waals surface area contributed by atoms with Crippen LogP contribution < -0.4 is 9.47 Å². The quantitative estimate of drug-likeness (QED) is 0.312. The number of phenolic OH excluding ortho intramolecular Hbond substituents is 1. The molecule has 0 heterocycles. The highest BCUT2D eigenvalue weighted by atomic mass is 16.6. The molecular weight excluding hydrogens is 376 g/mol. The van der Waals surface area contributed by atoms with Gasteiger partial charge in [0.25, 0.3) is 0 Å². The summed E-state index contributed by atoms with van der Waals surface area (Å²) in [6, 6.07) is 2.84.